The van der Waals surface area contributed by atoms with Crippen LogP contribution in [0.2, 0.25) is 0 Å². The second-order valence-corrected chi connectivity index (χ2v) is 7.97. The number of hydrogen-bond acceptors (Lipinski definition) is 7. The fourth-order valence-corrected chi connectivity index (χ4v) is 3.58. The lowest BCUT2D eigenvalue weighted by molar-refractivity contribution is -0.126. The Balaban J connectivity index is 1.89. The molecule has 7 nitrogen and oxygen atoms in total. The number of morpholine rings is 1. The number of anilines is 1. The third-order valence-corrected chi connectivity index (χ3v) is 5.12. The Morgan fingerprint density at radius 1 is 1.41 bits per heavy atom. The third-order valence-electron chi connectivity index (χ3n) is 4.33. The normalized spacial score (nSPS) is 18.3. The number of aliphatic imine (C=N–C) groups is 1. The van der Waals surface area contributed by atoms with Crippen LogP contribution in [-0.4, -0.2) is 47.3 Å². The van der Waals surface area contributed by atoms with Crippen molar-refractivity contribution in [3.63, 3.8) is 0 Å². The predicted octanol–water partition coefficient (Wildman–Crippen LogP) is 2.47. The molecule has 1 unspecified atom stereocenters. The minimum Gasteiger partial charge on any atom is -0.366 e. The highest BCUT2D eigenvalue weighted by molar-refractivity contribution is 8.07. The van der Waals surface area contributed by atoms with Crippen LogP contribution < -0.4 is 10.5 Å². The smallest absolute Gasteiger partial charge is 0.255 e. The highest BCUT2D eigenvalue weighted by Gasteiger charge is 2.30. The van der Waals surface area contributed by atoms with E-state index < -0.39 is 6.10 Å². The molecule has 29 heavy (non-hydrogen) atoms. The molecule has 0 aromatic carbocycles. The van der Waals surface area contributed by atoms with Crippen LogP contribution in [0.3, 0.4) is 0 Å². The van der Waals surface area contributed by atoms with Crippen molar-refractivity contribution in [1.82, 2.24) is 9.55 Å². The predicted molar refractivity (Wildman–Crippen MR) is 117 cm³/mol. The van der Waals surface area contributed by atoms with Crippen molar-refractivity contribution in [3.8, 4) is 0 Å². The van der Waals surface area contributed by atoms with Crippen molar-refractivity contribution in [1.29, 1.82) is 0 Å². The molecule has 1 atom stereocenters. The maximum absolute atomic E-state index is 12.7. The standard InChI is InChI=1S/C21H22N4O3S/c1-14(2)29-15(3)20(27)18-13-25(10-11-28-18)21-23-17(12-19(26)24(21)4)16-6-5-8-22-9-7-16/h5,7-9,12,18H,1,3,10-11,13H2,2,4H3. The van der Waals surface area contributed by atoms with Crippen molar-refractivity contribution < 1.29 is 9.53 Å². The van der Waals surface area contributed by atoms with Crippen molar-refractivity contribution in [3.05, 3.63) is 69.2 Å². The Bertz CT molecular complexity index is 1040. The van der Waals surface area contributed by atoms with Gasteiger partial charge in [0.25, 0.3) is 5.56 Å². The first-order chi connectivity index (χ1) is 13.9. The van der Waals surface area contributed by atoms with Crippen LogP contribution in [0.15, 0.2) is 62.9 Å². The summed E-state index contributed by atoms with van der Waals surface area (Å²) in [6.45, 7) is 10.6. The van der Waals surface area contributed by atoms with Gasteiger partial charge in [-0.1, -0.05) is 24.9 Å². The minimum absolute atomic E-state index is 0.182. The van der Waals surface area contributed by atoms with Gasteiger partial charge >= 0.3 is 0 Å². The minimum atomic E-state index is -0.672. The second-order valence-electron chi connectivity index (χ2n) is 6.57. The molecule has 1 saturated heterocycles. The van der Waals surface area contributed by atoms with Crippen molar-refractivity contribution >= 4 is 35.3 Å². The molecule has 8 heteroatoms. The number of ketones is 1. The summed E-state index contributed by atoms with van der Waals surface area (Å²) >= 11 is 1.24. The Labute approximate surface area is 173 Å². The molecular weight excluding hydrogens is 388 g/mol. The zero-order chi connectivity index (χ0) is 21.0. The molecule has 1 aromatic rings. The summed E-state index contributed by atoms with van der Waals surface area (Å²) in [5.74, 6) is 0.290. The fourth-order valence-electron chi connectivity index (χ4n) is 2.92. The molecule has 0 bridgehead atoms. The summed E-state index contributed by atoms with van der Waals surface area (Å²) < 4.78 is 7.13. The van der Waals surface area contributed by atoms with E-state index in [1.807, 2.05) is 11.8 Å². The summed E-state index contributed by atoms with van der Waals surface area (Å²) in [6, 6.07) is 1.46. The van der Waals surface area contributed by atoms with Gasteiger partial charge in [0.1, 0.15) is 6.10 Å². The van der Waals surface area contributed by atoms with E-state index in [0.717, 1.165) is 4.91 Å². The molecule has 3 heterocycles. The Hall–Kier alpha value is -2.93. The lowest BCUT2D eigenvalue weighted by atomic mass is 10.1. The lowest BCUT2D eigenvalue weighted by Crippen LogP contribution is -2.48. The Morgan fingerprint density at radius 3 is 2.97 bits per heavy atom. The number of aromatic nitrogens is 2. The molecule has 3 rings (SSSR count). The first-order valence-electron chi connectivity index (χ1n) is 9.03. The van der Waals surface area contributed by atoms with Crippen molar-refractivity contribution in [2.24, 2.45) is 12.0 Å². The van der Waals surface area contributed by atoms with E-state index in [1.54, 1.807) is 31.6 Å². The number of carbonyl (C=O) groups is 1. The maximum Gasteiger partial charge on any atom is 0.255 e. The van der Waals surface area contributed by atoms with Crippen molar-refractivity contribution in [2.75, 3.05) is 24.6 Å². The highest BCUT2D eigenvalue weighted by Crippen LogP contribution is 2.26. The number of nitrogens with zero attached hydrogens (tertiary/aromatic N) is 4. The summed E-state index contributed by atoms with van der Waals surface area (Å²) in [6.07, 6.45) is 5.98. The first-order valence-corrected chi connectivity index (χ1v) is 9.85. The van der Waals surface area contributed by atoms with Crippen LogP contribution in [0, 0.1) is 0 Å². The van der Waals surface area contributed by atoms with Crippen LogP contribution in [0.5, 0.6) is 0 Å². The van der Waals surface area contributed by atoms with Gasteiger partial charge in [-0.15, -0.1) is 5.73 Å². The zero-order valence-electron chi connectivity index (χ0n) is 16.4. The maximum atomic E-state index is 12.7. The summed E-state index contributed by atoms with van der Waals surface area (Å²) in [4.78, 5) is 37.0. The molecule has 0 spiro atoms. The zero-order valence-corrected chi connectivity index (χ0v) is 17.2. The topological polar surface area (TPSA) is 76.8 Å². The van der Waals surface area contributed by atoms with Gasteiger partial charge in [-0.05, 0) is 24.0 Å². The van der Waals surface area contributed by atoms with Gasteiger partial charge in [0.2, 0.25) is 5.95 Å². The number of allylic oxidation sites excluding steroid dienone is 3. The quantitative estimate of drug-likeness (QED) is 0.530. The van der Waals surface area contributed by atoms with Gasteiger partial charge in [0.05, 0.1) is 23.8 Å². The monoisotopic (exact) mass is 410 g/mol. The van der Waals surface area contributed by atoms with Gasteiger partial charge in [0.15, 0.2) is 5.78 Å². The largest absolute Gasteiger partial charge is 0.366 e. The van der Waals surface area contributed by atoms with Gasteiger partial charge in [-0.25, -0.2) is 4.98 Å². The van der Waals surface area contributed by atoms with E-state index in [9.17, 15) is 9.59 Å². The van der Waals surface area contributed by atoms with Crippen LogP contribution in [-0.2, 0) is 16.6 Å². The molecule has 1 aromatic heterocycles. The number of carbonyl (C=O) groups excluding carboxylic acids is 1. The van der Waals surface area contributed by atoms with Gasteiger partial charge in [0, 0.05) is 37.6 Å². The average molecular weight is 410 g/mol. The van der Waals surface area contributed by atoms with Crippen LogP contribution in [0.25, 0.3) is 5.57 Å². The van der Waals surface area contributed by atoms with Crippen LogP contribution >= 0.6 is 11.8 Å². The van der Waals surface area contributed by atoms with E-state index in [2.05, 4.69) is 28.9 Å². The van der Waals surface area contributed by atoms with E-state index >= 15 is 0 Å². The van der Waals surface area contributed by atoms with E-state index in [4.69, 9.17) is 4.74 Å². The summed E-state index contributed by atoms with van der Waals surface area (Å²) in [5.41, 5.74) is 4.02. The third kappa shape index (κ3) is 4.92. The number of hydrogen-bond donors (Lipinski definition) is 0. The van der Waals surface area contributed by atoms with E-state index in [-0.39, 0.29) is 17.9 Å². The Kier molecular flexibility index (Phi) is 6.49. The average Bonchev–Trinajstić information content (AvgIpc) is 2.98. The highest BCUT2D eigenvalue weighted by atomic mass is 32.2. The van der Waals surface area contributed by atoms with Crippen LogP contribution in [0.1, 0.15) is 12.6 Å². The molecule has 150 valence electrons. The lowest BCUT2D eigenvalue weighted by Gasteiger charge is -2.33. The molecular formula is C21H22N4O3S. The van der Waals surface area contributed by atoms with E-state index in [0.29, 0.717) is 35.3 Å². The molecule has 0 aliphatic carbocycles. The molecule has 1 fully saturated rings. The summed E-state index contributed by atoms with van der Waals surface area (Å²) in [7, 11) is 1.66. The van der Waals surface area contributed by atoms with Gasteiger partial charge in [-0.3, -0.25) is 19.1 Å². The Morgan fingerprint density at radius 2 is 2.21 bits per heavy atom. The fraction of sp³-hybridized carbons (Fsp3) is 0.286. The first kappa shape index (κ1) is 20.8. The van der Waals surface area contributed by atoms with Crippen molar-refractivity contribution in [2.45, 2.75) is 13.0 Å². The SMILES string of the molecule is C=C(C)SC(=C)C(=O)C1CN(c2nc(C3=C=CC=NC=C3)cc(=O)n2C)CCO1. The number of Topliss-reactive ketones (excluding diaryl/α,β-unsaturated/α-hetero) is 1. The molecule has 0 saturated carbocycles. The van der Waals surface area contributed by atoms with E-state index in [1.165, 1.54) is 22.4 Å². The van der Waals surface area contributed by atoms with Gasteiger partial charge < -0.3 is 9.64 Å². The summed E-state index contributed by atoms with van der Waals surface area (Å²) in [5, 5.41) is 0. The molecule has 0 amide bonds. The second kappa shape index (κ2) is 9.05. The van der Waals surface area contributed by atoms with Crippen LogP contribution in [0.4, 0.5) is 5.95 Å². The van der Waals surface area contributed by atoms with Gasteiger partial charge in [-0.2, -0.15) is 0 Å². The molecule has 2 aliphatic heterocycles. The molecule has 0 radical (unpaired) electrons. The number of rotatable bonds is 6. The molecule has 2 aliphatic rings. The number of thioether (sulfide) groups is 1. The number of ether oxygens (including phenoxy) is 1. The molecule has 0 N–H and O–H groups in total.